The molecule has 4 aromatic heterocycles. The van der Waals surface area contributed by atoms with Crippen LogP contribution in [0.15, 0.2) is 89.1 Å². The lowest BCUT2D eigenvalue weighted by Crippen LogP contribution is -2.15. The number of H-pyrrole nitrogens is 1. The zero-order valence-corrected chi connectivity index (χ0v) is 20.2. The quantitative estimate of drug-likeness (QED) is 0.309. The van der Waals surface area contributed by atoms with Crippen molar-refractivity contribution in [2.75, 3.05) is 0 Å². The van der Waals surface area contributed by atoms with E-state index in [0.717, 1.165) is 38.7 Å². The minimum absolute atomic E-state index is 0.173. The second-order valence-electron chi connectivity index (χ2n) is 8.13. The minimum atomic E-state index is -0.173. The van der Waals surface area contributed by atoms with E-state index >= 15 is 0 Å². The highest BCUT2D eigenvalue weighted by Crippen LogP contribution is 2.34. The van der Waals surface area contributed by atoms with Crippen molar-refractivity contribution < 1.29 is 0 Å². The Bertz CT molecular complexity index is 1770. The van der Waals surface area contributed by atoms with E-state index in [-0.39, 0.29) is 5.56 Å². The van der Waals surface area contributed by atoms with Gasteiger partial charge in [-0.3, -0.25) is 13.8 Å². The summed E-state index contributed by atoms with van der Waals surface area (Å²) in [5.74, 6) is 1.21. The van der Waals surface area contributed by atoms with Gasteiger partial charge in [0.1, 0.15) is 5.65 Å². The highest BCUT2D eigenvalue weighted by atomic mass is 35.5. The molecular weight excluding hydrogens is 480 g/mol. The van der Waals surface area contributed by atoms with E-state index in [2.05, 4.69) is 49.9 Å². The maximum atomic E-state index is 12.6. The second kappa shape index (κ2) is 8.72. The summed E-state index contributed by atoms with van der Waals surface area (Å²) < 4.78 is 3.52. The molecule has 0 spiro atoms. The van der Waals surface area contributed by atoms with Crippen LogP contribution >= 0.6 is 23.4 Å². The van der Waals surface area contributed by atoms with E-state index in [1.807, 2.05) is 36.5 Å². The molecule has 0 unspecified atom stereocenters. The van der Waals surface area contributed by atoms with Crippen LogP contribution in [0.3, 0.4) is 0 Å². The summed E-state index contributed by atoms with van der Waals surface area (Å²) in [6, 6.07) is 21.3. The molecule has 0 atom stereocenters. The maximum absolute atomic E-state index is 12.6. The first-order valence-electron chi connectivity index (χ1n) is 11.0. The fourth-order valence-corrected chi connectivity index (χ4v) is 5.16. The molecule has 9 heteroatoms. The zero-order valence-electron chi connectivity index (χ0n) is 18.6. The number of aryl methyl sites for hydroxylation is 1. The standard InChI is InChI=1S/C26H19ClN6OS/c1-16-6-2-5-9-22(16)33-25(20-13-28-21-8-4-3-7-19(20)21)30-31-26(33)35-15-18-12-24(34)32-14-17(27)10-11-23(32)29-18/h2-14,28H,15H2,1H3. The summed E-state index contributed by atoms with van der Waals surface area (Å²) in [4.78, 5) is 20.6. The highest BCUT2D eigenvalue weighted by Gasteiger charge is 2.20. The van der Waals surface area contributed by atoms with Gasteiger partial charge >= 0.3 is 0 Å². The van der Waals surface area contributed by atoms with Gasteiger partial charge in [-0.15, -0.1) is 10.2 Å². The Balaban J connectivity index is 1.43. The number of pyridine rings is 1. The van der Waals surface area contributed by atoms with Gasteiger partial charge in [0.2, 0.25) is 0 Å². The Labute approximate surface area is 209 Å². The summed E-state index contributed by atoms with van der Waals surface area (Å²) >= 11 is 7.52. The Morgan fingerprint density at radius 1 is 1.03 bits per heavy atom. The monoisotopic (exact) mass is 498 g/mol. The summed E-state index contributed by atoms with van der Waals surface area (Å²) in [6.45, 7) is 2.07. The minimum Gasteiger partial charge on any atom is -0.360 e. The molecule has 0 aliphatic rings. The number of nitrogens with zero attached hydrogens (tertiary/aromatic N) is 5. The molecule has 172 valence electrons. The molecule has 6 rings (SSSR count). The maximum Gasteiger partial charge on any atom is 0.258 e. The normalized spacial score (nSPS) is 11.5. The first-order chi connectivity index (χ1) is 17.1. The molecule has 0 saturated heterocycles. The van der Waals surface area contributed by atoms with Crippen molar-refractivity contribution in [3.8, 4) is 17.1 Å². The van der Waals surface area contributed by atoms with Crippen molar-refractivity contribution in [1.29, 1.82) is 0 Å². The molecule has 7 nitrogen and oxygen atoms in total. The Morgan fingerprint density at radius 3 is 2.74 bits per heavy atom. The molecule has 0 amide bonds. The number of para-hydroxylation sites is 2. The lowest BCUT2D eigenvalue weighted by atomic mass is 10.1. The second-order valence-corrected chi connectivity index (χ2v) is 9.50. The molecule has 0 aliphatic carbocycles. The molecule has 35 heavy (non-hydrogen) atoms. The van der Waals surface area contributed by atoms with Crippen molar-refractivity contribution >= 4 is 39.9 Å². The fraction of sp³-hybridized carbons (Fsp3) is 0.0769. The molecule has 1 N–H and O–H groups in total. The van der Waals surface area contributed by atoms with Gasteiger partial charge in [-0.25, -0.2) is 4.98 Å². The van der Waals surface area contributed by atoms with Crippen LogP contribution < -0.4 is 5.56 Å². The molecule has 2 aromatic carbocycles. The van der Waals surface area contributed by atoms with E-state index in [1.54, 1.807) is 18.3 Å². The predicted molar refractivity (Wildman–Crippen MR) is 139 cm³/mol. The first kappa shape index (κ1) is 21.6. The third-order valence-corrected chi connectivity index (χ3v) is 7.03. The molecule has 0 saturated carbocycles. The van der Waals surface area contributed by atoms with Crippen LogP contribution in [0.4, 0.5) is 0 Å². The van der Waals surface area contributed by atoms with E-state index < -0.39 is 0 Å². The summed E-state index contributed by atoms with van der Waals surface area (Å²) in [7, 11) is 0. The number of rotatable bonds is 5. The smallest absolute Gasteiger partial charge is 0.258 e. The van der Waals surface area contributed by atoms with Crippen LogP contribution in [0.5, 0.6) is 0 Å². The number of halogens is 1. The molecule has 0 aliphatic heterocycles. The highest BCUT2D eigenvalue weighted by molar-refractivity contribution is 7.98. The third-order valence-electron chi connectivity index (χ3n) is 5.85. The zero-order chi connectivity index (χ0) is 23.9. The van der Waals surface area contributed by atoms with Gasteiger partial charge in [-0.2, -0.15) is 0 Å². The lowest BCUT2D eigenvalue weighted by molar-refractivity contribution is 0.879. The van der Waals surface area contributed by atoms with Gasteiger partial charge in [0, 0.05) is 40.7 Å². The number of hydrogen-bond acceptors (Lipinski definition) is 5. The van der Waals surface area contributed by atoms with Crippen LogP contribution in [0.1, 0.15) is 11.3 Å². The number of thioether (sulfide) groups is 1. The topological polar surface area (TPSA) is 80.9 Å². The average Bonchev–Trinajstić information content (AvgIpc) is 3.47. The Morgan fingerprint density at radius 2 is 1.86 bits per heavy atom. The Hall–Kier alpha value is -3.88. The third kappa shape index (κ3) is 3.90. The van der Waals surface area contributed by atoms with Gasteiger partial charge in [-0.1, -0.05) is 59.8 Å². The van der Waals surface area contributed by atoms with Gasteiger partial charge < -0.3 is 4.98 Å². The van der Waals surface area contributed by atoms with Crippen molar-refractivity contribution in [3.63, 3.8) is 0 Å². The largest absolute Gasteiger partial charge is 0.360 e. The predicted octanol–water partition coefficient (Wildman–Crippen LogP) is 5.68. The summed E-state index contributed by atoms with van der Waals surface area (Å²) in [5, 5.41) is 11.4. The van der Waals surface area contributed by atoms with E-state index in [1.165, 1.54) is 22.2 Å². The molecule has 0 radical (unpaired) electrons. The molecule has 0 fully saturated rings. The number of aromatic nitrogens is 6. The number of fused-ring (bicyclic) bond motifs is 2. The number of nitrogens with one attached hydrogen (secondary N) is 1. The molecule has 0 bridgehead atoms. The van der Waals surface area contributed by atoms with E-state index in [9.17, 15) is 4.79 Å². The fourth-order valence-electron chi connectivity index (χ4n) is 4.16. The first-order valence-corrected chi connectivity index (χ1v) is 12.3. The van der Waals surface area contributed by atoms with Crippen LogP contribution in [-0.4, -0.2) is 29.1 Å². The number of benzene rings is 2. The lowest BCUT2D eigenvalue weighted by Gasteiger charge is -2.12. The van der Waals surface area contributed by atoms with Gasteiger partial charge in [0.25, 0.3) is 5.56 Å². The molecule has 4 heterocycles. The van der Waals surface area contributed by atoms with Crippen LogP contribution in [0.25, 0.3) is 33.6 Å². The average molecular weight is 499 g/mol. The van der Waals surface area contributed by atoms with Crippen LogP contribution in [0, 0.1) is 6.92 Å². The van der Waals surface area contributed by atoms with E-state index in [4.69, 9.17) is 11.6 Å². The van der Waals surface area contributed by atoms with Crippen molar-refractivity contribution in [2.45, 2.75) is 17.8 Å². The van der Waals surface area contributed by atoms with E-state index in [0.29, 0.717) is 22.1 Å². The molecular formula is C26H19ClN6OS. The summed E-state index contributed by atoms with van der Waals surface area (Å²) in [5.41, 5.74) is 5.16. The van der Waals surface area contributed by atoms with Crippen molar-refractivity contribution in [3.05, 3.63) is 106 Å². The summed E-state index contributed by atoms with van der Waals surface area (Å²) in [6.07, 6.45) is 3.54. The Kier molecular flexibility index (Phi) is 5.39. The molecule has 6 aromatic rings. The van der Waals surface area contributed by atoms with Crippen LogP contribution in [0.2, 0.25) is 5.02 Å². The van der Waals surface area contributed by atoms with Crippen molar-refractivity contribution in [1.82, 2.24) is 29.1 Å². The SMILES string of the molecule is Cc1ccccc1-n1c(SCc2cc(=O)n3cc(Cl)ccc3n2)nnc1-c1c[nH]c2ccccc12. The van der Waals surface area contributed by atoms with Gasteiger partial charge in [0.05, 0.1) is 16.4 Å². The van der Waals surface area contributed by atoms with Gasteiger partial charge in [0.15, 0.2) is 11.0 Å². The van der Waals surface area contributed by atoms with Gasteiger partial charge in [-0.05, 0) is 36.8 Å². The number of aromatic amines is 1. The van der Waals surface area contributed by atoms with Crippen LogP contribution in [-0.2, 0) is 5.75 Å². The number of hydrogen-bond donors (Lipinski definition) is 1. The van der Waals surface area contributed by atoms with Crippen molar-refractivity contribution in [2.24, 2.45) is 0 Å².